The largest absolute Gasteiger partial charge is 0.433 e. The van der Waals surface area contributed by atoms with E-state index in [-0.39, 0.29) is 0 Å². The van der Waals surface area contributed by atoms with Crippen LogP contribution in [0, 0.1) is 0 Å². The van der Waals surface area contributed by atoms with E-state index in [1.54, 1.807) is 13.8 Å². The normalized spacial score (nSPS) is 27.4. The molecule has 2 unspecified atom stereocenters. The fraction of sp³-hybridized carbons (Fsp3) is 1.00. The lowest BCUT2D eigenvalue weighted by Crippen LogP contribution is -2.52. The topological polar surface area (TPSA) is 76.1 Å². The minimum Gasteiger partial charge on any atom is -0.220 e. The second-order valence-electron chi connectivity index (χ2n) is 4.15. The summed E-state index contributed by atoms with van der Waals surface area (Å²) in [6.07, 6.45) is 1.85. The molecule has 6 nitrogen and oxygen atoms in total. The highest BCUT2D eigenvalue weighted by Gasteiger charge is 2.54. The molecule has 1 aliphatic heterocycles. The minimum atomic E-state index is -4.89. The van der Waals surface area contributed by atoms with E-state index in [1.807, 2.05) is 0 Å². The van der Waals surface area contributed by atoms with Crippen LogP contribution in [-0.2, 0) is 19.4 Å². The number of halogens is 2. The predicted octanol–water partition coefficient (Wildman–Crippen LogP) is 2.20. The standard InChI is InChI=1S/C8H15F2NO5S2/c1-6-4-3-5-7(2)11(6)18(13,14)8(9,10)17-16-15-12/h6-7,12H,3-5H2,1-2H3. The van der Waals surface area contributed by atoms with E-state index in [0.29, 0.717) is 12.8 Å². The second kappa shape index (κ2) is 5.97. The molecule has 0 aliphatic carbocycles. The molecule has 108 valence electrons. The van der Waals surface area contributed by atoms with Crippen molar-refractivity contribution in [3.63, 3.8) is 0 Å². The van der Waals surface area contributed by atoms with Gasteiger partial charge in [-0.3, -0.25) is 0 Å². The van der Waals surface area contributed by atoms with Crippen LogP contribution in [0.25, 0.3) is 0 Å². The monoisotopic (exact) mass is 307 g/mol. The van der Waals surface area contributed by atoms with E-state index < -0.39 is 38.7 Å². The van der Waals surface area contributed by atoms with Gasteiger partial charge in [-0.15, -0.1) is 4.33 Å². The molecule has 0 amide bonds. The van der Waals surface area contributed by atoms with Crippen LogP contribution in [0.1, 0.15) is 33.1 Å². The number of nitrogens with zero attached hydrogens (tertiary/aromatic N) is 1. The van der Waals surface area contributed by atoms with Crippen molar-refractivity contribution in [2.24, 2.45) is 0 Å². The molecule has 0 aromatic rings. The number of hydrogen-bond acceptors (Lipinski definition) is 6. The molecular weight excluding hydrogens is 292 g/mol. The van der Waals surface area contributed by atoms with Crippen molar-refractivity contribution in [1.29, 1.82) is 0 Å². The number of alkyl halides is 2. The van der Waals surface area contributed by atoms with Crippen LogP contribution in [0.3, 0.4) is 0 Å². The van der Waals surface area contributed by atoms with E-state index in [9.17, 15) is 17.2 Å². The summed E-state index contributed by atoms with van der Waals surface area (Å²) in [6, 6.07) is -1.000. The van der Waals surface area contributed by atoms with Crippen LogP contribution in [0.15, 0.2) is 0 Å². The first-order valence-corrected chi connectivity index (χ1v) is 7.49. The molecule has 0 saturated carbocycles. The summed E-state index contributed by atoms with van der Waals surface area (Å²) in [6.45, 7) is 3.16. The lowest BCUT2D eigenvalue weighted by Gasteiger charge is -2.38. The Morgan fingerprint density at radius 2 is 1.83 bits per heavy atom. The Morgan fingerprint density at radius 3 is 2.28 bits per heavy atom. The minimum absolute atomic E-state index is 0.500. The zero-order valence-corrected chi connectivity index (χ0v) is 11.5. The lowest BCUT2D eigenvalue weighted by atomic mass is 10.0. The molecule has 1 heterocycles. The number of piperidine rings is 1. The van der Waals surface area contributed by atoms with Gasteiger partial charge in [0.1, 0.15) is 12.0 Å². The molecule has 0 radical (unpaired) electrons. The smallest absolute Gasteiger partial charge is 0.220 e. The number of hydrogen-bond donors (Lipinski definition) is 1. The van der Waals surface area contributed by atoms with Crippen LogP contribution in [0.5, 0.6) is 0 Å². The number of rotatable bonds is 5. The summed E-state index contributed by atoms with van der Waals surface area (Å²) in [5.74, 6) is 0. The Labute approximate surface area is 108 Å². The quantitative estimate of drug-likeness (QED) is 0.477. The van der Waals surface area contributed by atoms with Gasteiger partial charge in [0.05, 0.1) is 0 Å². The second-order valence-corrected chi connectivity index (χ2v) is 7.11. The van der Waals surface area contributed by atoms with Gasteiger partial charge in [-0.05, 0) is 26.7 Å². The average Bonchev–Trinajstić information content (AvgIpc) is 2.25. The van der Waals surface area contributed by atoms with Crippen molar-refractivity contribution >= 4 is 22.1 Å². The molecule has 0 bridgehead atoms. The first-order valence-electron chi connectivity index (χ1n) is 5.31. The molecule has 1 saturated heterocycles. The van der Waals surface area contributed by atoms with E-state index in [2.05, 4.69) is 9.37 Å². The van der Waals surface area contributed by atoms with Crippen LogP contribution in [0.4, 0.5) is 8.78 Å². The summed E-state index contributed by atoms with van der Waals surface area (Å²) in [4.78, 5) is 0. The molecule has 1 N–H and O–H groups in total. The van der Waals surface area contributed by atoms with Gasteiger partial charge in [-0.1, -0.05) is 11.5 Å². The third-order valence-electron chi connectivity index (χ3n) is 2.85. The van der Waals surface area contributed by atoms with Crippen LogP contribution in [-0.4, -0.2) is 34.7 Å². The van der Waals surface area contributed by atoms with E-state index in [4.69, 9.17) is 5.26 Å². The highest BCUT2D eigenvalue weighted by Crippen LogP contribution is 2.41. The van der Waals surface area contributed by atoms with Gasteiger partial charge in [-0.2, -0.15) is 13.1 Å². The molecule has 0 aromatic carbocycles. The molecule has 1 aliphatic rings. The first kappa shape index (κ1) is 16.1. The van der Waals surface area contributed by atoms with Crippen LogP contribution in [0.2, 0.25) is 0 Å². The Kier molecular flexibility index (Phi) is 5.32. The third-order valence-corrected chi connectivity index (χ3v) is 5.89. The van der Waals surface area contributed by atoms with Crippen molar-refractivity contribution in [2.45, 2.75) is 49.8 Å². The Hall–Kier alpha value is -0.0000000000000000694. The van der Waals surface area contributed by atoms with E-state index in [0.717, 1.165) is 10.7 Å². The number of sulfonamides is 1. The summed E-state index contributed by atoms with van der Waals surface area (Å²) in [7, 11) is -4.89. The maximum atomic E-state index is 13.5. The highest BCUT2D eigenvalue weighted by molar-refractivity contribution is 8.10. The molecule has 18 heavy (non-hydrogen) atoms. The zero-order chi connectivity index (χ0) is 14.0. The molecule has 10 heteroatoms. The van der Waals surface area contributed by atoms with E-state index in [1.165, 1.54) is 0 Å². The van der Waals surface area contributed by atoms with Gasteiger partial charge < -0.3 is 0 Å². The summed E-state index contributed by atoms with van der Waals surface area (Å²) in [5.41, 5.74) is 0. The van der Waals surface area contributed by atoms with Gasteiger partial charge in [0.15, 0.2) is 0 Å². The fourth-order valence-electron chi connectivity index (χ4n) is 2.09. The van der Waals surface area contributed by atoms with E-state index >= 15 is 0 Å². The SMILES string of the molecule is CC1CCCC(C)N1S(=O)(=O)C(F)(F)SOOO. The van der Waals surface area contributed by atoms with Gasteiger partial charge in [-0.25, -0.2) is 13.7 Å². The Bertz CT molecular complexity index is 368. The molecule has 0 aromatic heterocycles. The first-order chi connectivity index (χ1) is 8.24. The maximum absolute atomic E-state index is 13.5. The summed E-state index contributed by atoms with van der Waals surface area (Å²) in [5, 5.41) is 10.8. The summed E-state index contributed by atoms with van der Waals surface area (Å²) >= 11 is -0.752. The lowest BCUT2D eigenvalue weighted by molar-refractivity contribution is -0.433. The molecule has 0 spiro atoms. The van der Waals surface area contributed by atoms with Gasteiger partial charge in [0, 0.05) is 12.1 Å². The molecule has 2 atom stereocenters. The van der Waals surface area contributed by atoms with Gasteiger partial charge in [0.2, 0.25) is 0 Å². The van der Waals surface area contributed by atoms with Gasteiger partial charge >= 0.3 is 4.59 Å². The Morgan fingerprint density at radius 1 is 1.33 bits per heavy atom. The maximum Gasteiger partial charge on any atom is 0.433 e. The zero-order valence-electron chi connectivity index (χ0n) is 9.88. The van der Waals surface area contributed by atoms with Crippen molar-refractivity contribution < 1.29 is 31.8 Å². The van der Waals surface area contributed by atoms with Crippen LogP contribution >= 0.6 is 12.0 Å². The van der Waals surface area contributed by atoms with Crippen LogP contribution < -0.4 is 0 Å². The van der Waals surface area contributed by atoms with Crippen molar-refractivity contribution in [3.05, 3.63) is 0 Å². The van der Waals surface area contributed by atoms with Gasteiger partial charge in [0.25, 0.3) is 10.0 Å². The molecule has 1 rings (SSSR count). The molecular formula is C8H15F2NO5S2. The van der Waals surface area contributed by atoms with Crippen molar-refractivity contribution in [3.8, 4) is 0 Å². The highest BCUT2D eigenvalue weighted by atomic mass is 32.3. The predicted molar refractivity (Wildman–Crippen MR) is 60.9 cm³/mol. The van der Waals surface area contributed by atoms with Crippen molar-refractivity contribution in [1.82, 2.24) is 4.31 Å². The Balaban J connectivity index is 2.96. The summed E-state index contributed by atoms with van der Waals surface area (Å²) < 4.78 is 50.9. The third kappa shape index (κ3) is 3.11. The average molecular weight is 307 g/mol. The van der Waals surface area contributed by atoms with Crippen molar-refractivity contribution in [2.75, 3.05) is 0 Å². The fourth-order valence-corrected chi connectivity index (χ4v) is 4.29. The molecule has 1 fully saturated rings.